The van der Waals surface area contributed by atoms with E-state index in [1.807, 2.05) is 18.2 Å². The monoisotopic (exact) mass is 341 g/mol. The van der Waals surface area contributed by atoms with Crippen molar-refractivity contribution >= 4 is 5.91 Å². The number of carbonyl (C=O) groups is 1. The van der Waals surface area contributed by atoms with Crippen LogP contribution in [0.4, 0.5) is 0 Å². The normalized spacial score (nSPS) is 13.0. The summed E-state index contributed by atoms with van der Waals surface area (Å²) < 4.78 is 11.1. The van der Waals surface area contributed by atoms with Crippen molar-refractivity contribution in [1.29, 1.82) is 0 Å². The number of benzene rings is 2. The highest BCUT2D eigenvalue weighted by Crippen LogP contribution is 2.27. The molecular weight excluding hydrogens is 314 g/mol. The second kappa shape index (κ2) is 8.56. The van der Waals surface area contributed by atoms with Crippen molar-refractivity contribution in [3.05, 3.63) is 59.2 Å². The summed E-state index contributed by atoms with van der Waals surface area (Å²) in [7, 11) is 1.58. The average molecular weight is 341 g/mol. The zero-order chi connectivity index (χ0) is 18.4. The van der Waals surface area contributed by atoms with Gasteiger partial charge < -0.3 is 14.8 Å². The average Bonchev–Trinajstić information content (AvgIpc) is 2.62. The van der Waals surface area contributed by atoms with Crippen LogP contribution in [-0.2, 0) is 4.79 Å². The maximum atomic E-state index is 12.6. The van der Waals surface area contributed by atoms with Crippen LogP contribution in [0.15, 0.2) is 42.5 Å². The third kappa shape index (κ3) is 4.75. The number of rotatable bonds is 7. The van der Waals surface area contributed by atoms with E-state index in [9.17, 15) is 4.79 Å². The van der Waals surface area contributed by atoms with Crippen LogP contribution in [0.5, 0.6) is 11.5 Å². The highest BCUT2D eigenvalue weighted by atomic mass is 16.5. The molecule has 0 fully saturated rings. The predicted molar refractivity (Wildman–Crippen MR) is 100 cm³/mol. The van der Waals surface area contributed by atoms with Crippen molar-refractivity contribution in [3.8, 4) is 11.5 Å². The molecule has 2 rings (SSSR count). The van der Waals surface area contributed by atoms with Crippen molar-refractivity contribution in [2.75, 3.05) is 7.11 Å². The molecule has 2 aromatic rings. The van der Waals surface area contributed by atoms with Crippen molar-refractivity contribution in [2.24, 2.45) is 0 Å². The fraction of sp³-hybridized carbons (Fsp3) is 0.381. The highest BCUT2D eigenvalue weighted by molar-refractivity contribution is 5.81. The van der Waals surface area contributed by atoms with Gasteiger partial charge in [0.15, 0.2) is 17.6 Å². The Labute approximate surface area is 150 Å². The zero-order valence-corrected chi connectivity index (χ0v) is 15.6. The molecule has 0 aliphatic heterocycles. The molecule has 0 heterocycles. The smallest absolute Gasteiger partial charge is 0.261 e. The lowest BCUT2D eigenvalue weighted by Gasteiger charge is -2.22. The quantitative estimate of drug-likeness (QED) is 0.814. The topological polar surface area (TPSA) is 47.6 Å². The molecule has 2 aromatic carbocycles. The van der Waals surface area contributed by atoms with Crippen molar-refractivity contribution in [1.82, 2.24) is 5.32 Å². The Bertz CT molecular complexity index is 727. The zero-order valence-electron chi connectivity index (χ0n) is 15.6. The van der Waals surface area contributed by atoms with E-state index in [-0.39, 0.29) is 11.9 Å². The molecule has 4 heteroatoms. The van der Waals surface area contributed by atoms with Gasteiger partial charge in [-0.1, -0.05) is 37.3 Å². The number of nitrogens with one attached hydrogen (secondary N) is 1. The minimum absolute atomic E-state index is 0.0319. The summed E-state index contributed by atoms with van der Waals surface area (Å²) in [6.45, 7) is 7.98. The molecule has 0 saturated heterocycles. The van der Waals surface area contributed by atoms with Gasteiger partial charge in [-0.05, 0) is 56.0 Å². The number of carbonyl (C=O) groups excluding carboxylic acids is 1. The van der Waals surface area contributed by atoms with Crippen molar-refractivity contribution in [3.63, 3.8) is 0 Å². The Balaban J connectivity index is 2.06. The lowest BCUT2D eigenvalue weighted by molar-refractivity contribution is -0.128. The first-order valence-electron chi connectivity index (χ1n) is 8.63. The third-order valence-corrected chi connectivity index (χ3v) is 4.40. The molecule has 0 bridgehead atoms. The van der Waals surface area contributed by atoms with E-state index in [0.717, 1.165) is 12.0 Å². The summed E-state index contributed by atoms with van der Waals surface area (Å²) in [5, 5.41) is 3.08. The molecule has 0 unspecified atom stereocenters. The Kier molecular flexibility index (Phi) is 6.45. The van der Waals surface area contributed by atoms with E-state index in [4.69, 9.17) is 9.47 Å². The first kappa shape index (κ1) is 18.8. The standard InChI is InChI=1S/C21H27NO3/c1-6-18(17-12-11-14(2)15(3)13-17)22-21(23)16(4)25-20-10-8-7-9-19(20)24-5/h7-13,16,18H,6H2,1-5H3,(H,22,23)/t16-,18-/m0/s1. The van der Waals surface area contributed by atoms with Gasteiger partial charge in [0, 0.05) is 0 Å². The van der Waals surface area contributed by atoms with E-state index in [1.165, 1.54) is 11.1 Å². The van der Waals surface area contributed by atoms with Gasteiger partial charge in [-0.15, -0.1) is 0 Å². The van der Waals surface area contributed by atoms with E-state index in [0.29, 0.717) is 11.5 Å². The molecular formula is C21H27NO3. The molecule has 0 spiro atoms. The largest absolute Gasteiger partial charge is 0.493 e. The van der Waals surface area contributed by atoms with Crippen LogP contribution in [-0.4, -0.2) is 19.1 Å². The van der Waals surface area contributed by atoms with Gasteiger partial charge in [0.05, 0.1) is 13.2 Å². The minimum atomic E-state index is -0.614. The molecule has 1 amide bonds. The van der Waals surface area contributed by atoms with Crippen molar-refractivity contribution < 1.29 is 14.3 Å². The van der Waals surface area contributed by atoms with Crippen LogP contribution in [0.2, 0.25) is 0 Å². The molecule has 0 aliphatic carbocycles. The summed E-state index contributed by atoms with van der Waals surface area (Å²) >= 11 is 0. The van der Waals surface area contributed by atoms with Crippen molar-refractivity contribution in [2.45, 2.75) is 46.3 Å². The number of ether oxygens (including phenoxy) is 2. The molecule has 0 radical (unpaired) electrons. The number of aryl methyl sites for hydroxylation is 2. The molecule has 0 aromatic heterocycles. The van der Waals surface area contributed by atoms with Crippen LogP contribution in [0.25, 0.3) is 0 Å². The Morgan fingerprint density at radius 2 is 1.76 bits per heavy atom. The van der Waals surface area contributed by atoms with Crippen LogP contribution in [0.3, 0.4) is 0 Å². The van der Waals surface area contributed by atoms with Crippen LogP contribution in [0, 0.1) is 13.8 Å². The van der Waals surface area contributed by atoms with Crippen LogP contribution in [0.1, 0.15) is 43.0 Å². The van der Waals surface area contributed by atoms with E-state index in [1.54, 1.807) is 20.1 Å². The fourth-order valence-corrected chi connectivity index (χ4v) is 2.65. The van der Waals surface area contributed by atoms with Gasteiger partial charge in [0.25, 0.3) is 5.91 Å². The van der Waals surface area contributed by atoms with Crippen LogP contribution >= 0.6 is 0 Å². The van der Waals surface area contributed by atoms with Gasteiger partial charge in [-0.2, -0.15) is 0 Å². The summed E-state index contributed by atoms with van der Waals surface area (Å²) in [6.07, 6.45) is 0.201. The summed E-state index contributed by atoms with van der Waals surface area (Å²) in [4.78, 5) is 12.6. The number of amides is 1. The maximum absolute atomic E-state index is 12.6. The fourth-order valence-electron chi connectivity index (χ4n) is 2.65. The second-order valence-corrected chi connectivity index (χ2v) is 6.22. The van der Waals surface area contributed by atoms with Gasteiger partial charge >= 0.3 is 0 Å². The molecule has 1 N–H and O–H groups in total. The Hall–Kier alpha value is -2.49. The van der Waals surface area contributed by atoms with E-state index < -0.39 is 6.10 Å². The third-order valence-electron chi connectivity index (χ3n) is 4.40. The van der Waals surface area contributed by atoms with E-state index in [2.05, 4.69) is 44.3 Å². The molecule has 4 nitrogen and oxygen atoms in total. The molecule has 25 heavy (non-hydrogen) atoms. The number of methoxy groups -OCH3 is 1. The van der Waals surface area contributed by atoms with Gasteiger partial charge in [-0.3, -0.25) is 4.79 Å². The first-order chi connectivity index (χ1) is 12.0. The van der Waals surface area contributed by atoms with Crippen LogP contribution < -0.4 is 14.8 Å². The minimum Gasteiger partial charge on any atom is -0.493 e. The second-order valence-electron chi connectivity index (χ2n) is 6.22. The molecule has 134 valence electrons. The first-order valence-corrected chi connectivity index (χ1v) is 8.63. The SMILES string of the molecule is CC[C@H](NC(=O)[C@H](C)Oc1ccccc1OC)c1ccc(C)c(C)c1. The molecule has 2 atom stereocenters. The number of hydrogen-bond acceptors (Lipinski definition) is 3. The van der Waals surface area contributed by atoms with Gasteiger partial charge in [0.1, 0.15) is 0 Å². The molecule has 0 aliphatic rings. The number of hydrogen-bond donors (Lipinski definition) is 1. The summed E-state index contributed by atoms with van der Waals surface area (Å²) in [5.74, 6) is 1.03. The Morgan fingerprint density at radius 3 is 2.36 bits per heavy atom. The maximum Gasteiger partial charge on any atom is 0.261 e. The van der Waals surface area contributed by atoms with Gasteiger partial charge in [-0.25, -0.2) is 0 Å². The molecule has 0 saturated carbocycles. The summed E-state index contributed by atoms with van der Waals surface area (Å²) in [6, 6.07) is 13.6. The summed E-state index contributed by atoms with van der Waals surface area (Å²) in [5.41, 5.74) is 3.59. The van der Waals surface area contributed by atoms with E-state index >= 15 is 0 Å². The lowest BCUT2D eigenvalue weighted by Crippen LogP contribution is -2.38. The predicted octanol–water partition coefficient (Wildman–Crippen LogP) is 4.35. The highest BCUT2D eigenvalue weighted by Gasteiger charge is 2.20. The number of para-hydroxylation sites is 2. The van der Waals surface area contributed by atoms with Gasteiger partial charge in [0.2, 0.25) is 0 Å². The lowest BCUT2D eigenvalue weighted by atomic mass is 9.99. The Morgan fingerprint density at radius 1 is 1.08 bits per heavy atom.